The van der Waals surface area contributed by atoms with Crippen molar-refractivity contribution in [3.63, 3.8) is 0 Å². The minimum atomic E-state index is 0. The Morgan fingerprint density at radius 1 is 0.659 bits per heavy atom. The molecule has 41 heavy (non-hydrogen) atoms. The van der Waals surface area contributed by atoms with E-state index in [1.165, 1.54) is 0 Å². The van der Waals surface area contributed by atoms with E-state index < -0.39 is 0 Å². The van der Waals surface area contributed by atoms with Gasteiger partial charge in [0.2, 0.25) is 0 Å². The average Bonchev–Trinajstić information content (AvgIpc) is 2.88. The van der Waals surface area contributed by atoms with Gasteiger partial charge in [0.15, 0.2) is 0 Å². The molecule has 0 saturated carbocycles. The van der Waals surface area contributed by atoms with E-state index in [9.17, 15) is 0 Å². The van der Waals surface area contributed by atoms with Gasteiger partial charge in [0, 0.05) is 27.0 Å². The SMILES string of the molecule is CC(C)CCOc1ccc(OCCC(C)C)c(C([S-])=C([S-])c2ccccc2)c1.CC(C)SC([S-])=C([S-])SC(C)C.[Ni]. The zero-order chi connectivity index (χ0) is 30.2. The Hall–Kier alpha value is -0.406. The molecule has 0 heterocycles. The summed E-state index contributed by atoms with van der Waals surface area (Å²) >= 11 is 25.1. The molecule has 0 aliphatic rings. The molecule has 234 valence electrons. The number of thioether (sulfide) groups is 2. The number of benzene rings is 2. The maximum absolute atomic E-state index is 6.05. The largest absolute Gasteiger partial charge is 0.780 e. The number of ether oxygens (including phenoxy) is 2. The molecule has 0 amide bonds. The van der Waals surface area contributed by atoms with Crippen LogP contribution < -0.4 is 9.47 Å². The molecule has 2 aromatic carbocycles. The van der Waals surface area contributed by atoms with Crippen LogP contribution in [0.15, 0.2) is 57.0 Å². The number of hydrogen-bond acceptors (Lipinski definition) is 8. The van der Waals surface area contributed by atoms with Crippen LogP contribution in [0, 0.1) is 11.8 Å². The third-order valence-electron chi connectivity index (χ3n) is 5.21. The quantitative estimate of drug-likeness (QED) is 0.108. The summed E-state index contributed by atoms with van der Waals surface area (Å²) in [6.07, 6.45) is 2.00. The standard InChI is InChI=1S/C24H32O2S2.C8H16S4.Ni/c1-17(2)12-14-25-20-10-11-22(26-15-13-18(3)4)21(16-20)24(28)23(27)19-8-6-5-7-9-19;1-5(2)11-7(9)8(10)12-6(3)4;/h5-11,16-18,27-28H,12-15H2,1-4H3;5-6,9-10H,1-4H3;/p-4. The first-order valence-corrected chi connectivity index (χ1v) is 17.2. The molecule has 2 nitrogen and oxygen atoms in total. The first-order valence-electron chi connectivity index (χ1n) is 13.8. The maximum Gasteiger partial charge on any atom is 0.125 e. The smallest absolute Gasteiger partial charge is 0.125 e. The third kappa shape index (κ3) is 17.5. The van der Waals surface area contributed by atoms with Gasteiger partial charge in [-0.2, -0.15) is 41.8 Å². The van der Waals surface area contributed by atoms with Crippen molar-refractivity contribution in [2.75, 3.05) is 13.2 Å². The monoisotopic (exact) mass is 710 g/mol. The second-order valence-electron chi connectivity index (χ2n) is 10.7. The molecule has 0 radical (unpaired) electrons. The van der Waals surface area contributed by atoms with Gasteiger partial charge in [-0.25, -0.2) is 0 Å². The van der Waals surface area contributed by atoms with Gasteiger partial charge in [0.1, 0.15) is 11.5 Å². The number of rotatable bonds is 14. The second-order valence-corrected chi connectivity index (χ2v) is 16.0. The van der Waals surface area contributed by atoms with Gasteiger partial charge in [0.25, 0.3) is 0 Å². The fourth-order valence-electron chi connectivity index (χ4n) is 3.09. The first kappa shape index (κ1) is 40.6. The molecule has 0 fully saturated rings. The van der Waals surface area contributed by atoms with E-state index in [1.54, 1.807) is 23.5 Å². The zero-order valence-corrected chi connectivity index (χ0v) is 31.2. The summed E-state index contributed by atoms with van der Waals surface area (Å²) in [7, 11) is 0. The predicted octanol–water partition coefficient (Wildman–Crippen LogP) is 9.94. The van der Waals surface area contributed by atoms with Crippen LogP contribution >= 0.6 is 23.5 Å². The van der Waals surface area contributed by atoms with Crippen molar-refractivity contribution in [2.24, 2.45) is 11.8 Å². The van der Waals surface area contributed by atoms with Crippen molar-refractivity contribution in [2.45, 2.75) is 78.7 Å². The Kier molecular flexibility index (Phi) is 21.9. The molecular weight excluding hydrogens is 667 g/mol. The molecule has 0 atom stereocenters. The molecule has 2 rings (SSSR count). The van der Waals surface area contributed by atoms with Crippen LogP contribution in [0.2, 0.25) is 0 Å². The van der Waals surface area contributed by atoms with Gasteiger partial charge in [0.05, 0.1) is 13.2 Å². The molecule has 9 heteroatoms. The van der Waals surface area contributed by atoms with E-state index in [4.69, 9.17) is 60.0 Å². The van der Waals surface area contributed by atoms with Gasteiger partial charge in [-0.3, -0.25) is 0 Å². The normalized spacial score (nSPS) is 12.4. The topological polar surface area (TPSA) is 18.5 Å². The predicted molar refractivity (Wildman–Crippen MR) is 192 cm³/mol. The first-order chi connectivity index (χ1) is 18.8. The summed E-state index contributed by atoms with van der Waals surface area (Å²) in [5.74, 6) is 2.74. The zero-order valence-electron chi connectivity index (χ0n) is 25.3. The van der Waals surface area contributed by atoms with Gasteiger partial charge < -0.3 is 60.0 Å². The van der Waals surface area contributed by atoms with E-state index in [-0.39, 0.29) is 16.5 Å². The molecule has 0 bridgehead atoms. The molecule has 0 unspecified atom stereocenters. The van der Waals surface area contributed by atoms with Crippen molar-refractivity contribution >= 4 is 83.8 Å². The molecule has 0 aromatic heterocycles. The minimum absolute atomic E-state index is 0. The molecule has 0 saturated heterocycles. The van der Waals surface area contributed by atoms with E-state index in [0.29, 0.717) is 45.4 Å². The Bertz CT molecular complexity index is 1050. The summed E-state index contributed by atoms with van der Waals surface area (Å²) in [6, 6.07) is 15.7. The molecule has 0 spiro atoms. The van der Waals surface area contributed by atoms with Crippen LogP contribution in [0.5, 0.6) is 11.5 Å². The van der Waals surface area contributed by atoms with Crippen LogP contribution in [0.25, 0.3) is 9.81 Å². The van der Waals surface area contributed by atoms with Crippen molar-refractivity contribution < 1.29 is 26.0 Å². The summed E-state index contributed by atoms with van der Waals surface area (Å²) in [4.78, 5) is 1.28. The fraction of sp³-hybridized carbons (Fsp3) is 0.500. The number of hydrogen-bond donors (Lipinski definition) is 0. The Balaban J connectivity index is 0.00000104. The summed E-state index contributed by atoms with van der Waals surface area (Å²) < 4.78 is 13.7. The third-order valence-corrected chi connectivity index (χ3v) is 9.48. The van der Waals surface area contributed by atoms with Crippen molar-refractivity contribution in [3.05, 3.63) is 68.1 Å². The molecule has 0 aliphatic heterocycles. The van der Waals surface area contributed by atoms with Gasteiger partial charge in [-0.05, 0) is 54.0 Å². The summed E-state index contributed by atoms with van der Waals surface area (Å²) in [5.41, 5.74) is 1.77. The van der Waals surface area contributed by atoms with Crippen molar-refractivity contribution in [3.8, 4) is 11.5 Å². The van der Waals surface area contributed by atoms with Gasteiger partial charge in [-0.1, -0.05) is 85.7 Å². The fourth-order valence-corrected chi connectivity index (χ4v) is 6.39. The van der Waals surface area contributed by atoms with Crippen LogP contribution in [0.1, 0.15) is 79.4 Å². The van der Waals surface area contributed by atoms with E-state index in [1.807, 2.05) is 48.5 Å². The minimum Gasteiger partial charge on any atom is -0.780 e. The average molecular weight is 712 g/mol. The van der Waals surface area contributed by atoms with E-state index in [0.717, 1.165) is 43.9 Å². The molecular formula is C32H44NiO2S6-4. The Morgan fingerprint density at radius 2 is 1.15 bits per heavy atom. The van der Waals surface area contributed by atoms with Gasteiger partial charge >= 0.3 is 0 Å². The van der Waals surface area contributed by atoms with Crippen LogP contribution in [-0.2, 0) is 67.0 Å². The molecule has 0 aliphatic carbocycles. The molecule has 2 aromatic rings. The summed E-state index contributed by atoms with van der Waals surface area (Å²) in [5, 5.41) is 1.06. The van der Waals surface area contributed by atoms with Crippen molar-refractivity contribution in [1.29, 1.82) is 0 Å². The van der Waals surface area contributed by atoms with E-state index in [2.05, 4.69) is 55.4 Å². The van der Waals surface area contributed by atoms with E-state index >= 15 is 0 Å². The van der Waals surface area contributed by atoms with Crippen LogP contribution in [0.4, 0.5) is 0 Å². The maximum atomic E-state index is 6.05. The Morgan fingerprint density at radius 3 is 1.61 bits per heavy atom. The van der Waals surface area contributed by atoms with Crippen LogP contribution in [-0.4, -0.2) is 23.7 Å². The van der Waals surface area contributed by atoms with Gasteiger partial charge in [-0.15, -0.1) is 0 Å². The summed E-state index contributed by atoms with van der Waals surface area (Å²) in [6.45, 7) is 18.6. The van der Waals surface area contributed by atoms with Crippen LogP contribution in [0.3, 0.4) is 0 Å². The Labute approximate surface area is 291 Å². The molecule has 0 N–H and O–H groups in total. The second kappa shape index (κ2) is 22.2. The van der Waals surface area contributed by atoms with Crippen molar-refractivity contribution in [1.82, 2.24) is 0 Å².